The lowest BCUT2D eigenvalue weighted by Crippen LogP contribution is -2.00. The van der Waals surface area contributed by atoms with Gasteiger partial charge in [-0.15, -0.1) is 0 Å². The van der Waals surface area contributed by atoms with Crippen molar-refractivity contribution in [3.63, 3.8) is 0 Å². The molecule has 0 aromatic heterocycles. The molecule has 100 valence electrons. The molecule has 0 saturated heterocycles. The molecule has 2 aromatic rings. The number of nitrogen functional groups attached to an aromatic ring is 1. The Morgan fingerprint density at radius 3 is 2.42 bits per heavy atom. The van der Waals surface area contributed by atoms with E-state index in [0.717, 1.165) is 5.56 Å². The van der Waals surface area contributed by atoms with Gasteiger partial charge >= 0.3 is 0 Å². The molecule has 0 spiro atoms. The highest BCUT2D eigenvalue weighted by Crippen LogP contribution is 2.31. The van der Waals surface area contributed by atoms with Gasteiger partial charge < -0.3 is 11.1 Å². The SMILES string of the molecule is Cc1cc(Br)c(F)cc1Nc1cc(F)c(Cl)cc1N. The lowest BCUT2D eigenvalue weighted by atomic mass is 10.1. The van der Waals surface area contributed by atoms with Crippen molar-refractivity contribution in [2.75, 3.05) is 11.1 Å². The van der Waals surface area contributed by atoms with E-state index in [-0.39, 0.29) is 10.7 Å². The molecule has 0 aliphatic heterocycles. The molecule has 0 heterocycles. The van der Waals surface area contributed by atoms with E-state index in [2.05, 4.69) is 21.2 Å². The molecule has 0 amide bonds. The first-order chi connectivity index (χ1) is 8.88. The Morgan fingerprint density at radius 1 is 1.11 bits per heavy atom. The molecule has 2 nitrogen and oxygen atoms in total. The molecule has 0 fully saturated rings. The number of rotatable bonds is 2. The number of hydrogen-bond acceptors (Lipinski definition) is 2. The number of anilines is 3. The van der Waals surface area contributed by atoms with Gasteiger partial charge in [-0.3, -0.25) is 0 Å². The van der Waals surface area contributed by atoms with Crippen molar-refractivity contribution in [3.05, 3.63) is 51.0 Å². The van der Waals surface area contributed by atoms with E-state index in [9.17, 15) is 8.78 Å². The van der Waals surface area contributed by atoms with Crippen molar-refractivity contribution >= 4 is 44.6 Å². The van der Waals surface area contributed by atoms with Crippen molar-refractivity contribution in [2.45, 2.75) is 6.92 Å². The summed E-state index contributed by atoms with van der Waals surface area (Å²) in [6.45, 7) is 1.80. The van der Waals surface area contributed by atoms with E-state index in [0.29, 0.717) is 15.8 Å². The van der Waals surface area contributed by atoms with Crippen LogP contribution in [0.25, 0.3) is 0 Å². The zero-order valence-corrected chi connectivity index (χ0v) is 12.2. The molecule has 0 aliphatic carbocycles. The predicted octanol–water partition coefficient (Wildman–Crippen LogP) is 5.01. The van der Waals surface area contributed by atoms with E-state index in [1.165, 1.54) is 18.2 Å². The second-order valence-corrected chi connectivity index (χ2v) is 5.32. The zero-order valence-electron chi connectivity index (χ0n) is 9.90. The number of nitrogens with one attached hydrogen (secondary N) is 1. The highest BCUT2D eigenvalue weighted by molar-refractivity contribution is 9.10. The van der Waals surface area contributed by atoms with Gasteiger partial charge in [0.2, 0.25) is 0 Å². The summed E-state index contributed by atoms with van der Waals surface area (Å²) in [6.07, 6.45) is 0. The lowest BCUT2D eigenvalue weighted by molar-refractivity contribution is 0.621. The summed E-state index contributed by atoms with van der Waals surface area (Å²) in [6, 6.07) is 5.42. The molecule has 2 aromatic carbocycles. The van der Waals surface area contributed by atoms with Crippen LogP contribution in [0.5, 0.6) is 0 Å². The van der Waals surface area contributed by atoms with Crippen LogP contribution in [0.3, 0.4) is 0 Å². The average Bonchev–Trinajstić information content (AvgIpc) is 2.32. The van der Waals surface area contributed by atoms with Crippen LogP contribution in [0, 0.1) is 18.6 Å². The molecule has 0 atom stereocenters. The van der Waals surface area contributed by atoms with Crippen molar-refractivity contribution in [1.82, 2.24) is 0 Å². The number of halogens is 4. The van der Waals surface area contributed by atoms with Crippen LogP contribution in [0.15, 0.2) is 28.7 Å². The second-order valence-electron chi connectivity index (χ2n) is 4.06. The fourth-order valence-corrected chi connectivity index (χ4v) is 2.23. The maximum atomic E-state index is 13.5. The van der Waals surface area contributed by atoms with Crippen molar-refractivity contribution in [3.8, 4) is 0 Å². The molecule has 3 N–H and O–H groups in total. The normalized spacial score (nSPS) is 10.6. The molecule has 0 radical (unpaired) electrons. The van der Waals surface area contributed by atoms with E-state index in [1.54, 1.807) is 13.0 Å². The molecule has 2 rings (SSSR count). The molecule has 0 bridgehead atoms. The third-order valence-corrected chi connectivity index (χ3v) is 3.53. The molecule has 6 heteroatoms. The number of benzene rings is 2. The zero-order chi connectivity index (χ0) is 14.2. The van der Waals surface area contributed by atoms with Crippen LogP contribution in [-0.4, -0.2) is 0 Å². The van der Waals surface area contributed by atoms with E-state index >= 15 is 0 Å². The second kappa shape index (κ2) is 5.35. The molecule has 19 heavy (non-hydrogen) atoms. The summed E-state index contributed by atoms with van der Waals surface area (Å²) in [7, 11) is 0. The smallest absolute Gasteiger partial charge is 0.144 e. The maximum absolute atomic E-state index is 13.5. The fourth-order valence-electron chi connectivity index (χ4n) is 1.60. The summed E-state index contributed by atoms with van der Waals surface area (Å²) >= 11 is 8.71. The summed E-state index contributed by atoms with van der Waals surface area (Å²) in [5.74, 6) is -1.00. The molecular weight excluding hydrogens is 338 g/mol. The van der Waals surface area contributed by atoms with Gasteiger partial charge in [0.05, 0.1) is 20.9 Å². The fraction of sp³-hybridized carbons (Fsp3) is 0.0769. The minimum atomic E-state index is -0.589. The van der Waals surface area contributed by atoms with Crippen LogP contribution < -0.4 is 11.1 Å². The Hall–Kier alpha value is -1.33. The summed E-state index contributed by atoms with van der Waals surface area (Å²) < 4.78 is 27.3. The van der Waals surface area contributed by atoms with Gasteiger partial charge in [0, 0.05) is 11.8 Å². The van der Waals surface area contributed by atoms with Crippen LogP contribution >= 0.6 is 27.5 Å². The Labute approximate surface area is 122 Å². The van der Waals surface area contributed by atoms with E-state index in [4.69, 9.17) is 17.3 Å². The number of hydrogen-bond donors (Lipinski definition) is 2. The highest BCUT2D eigenvalue weighted by atomic mass is 79.9. The van der Waals surface area contributed by atoms with Crippen LogP contribution in [0.2, 0.25) is 5.02 Å². The number of aryl methyl sites for hydroxylation is 1. The van der Waals surface area contributed by atoms with Gasteiger partial charge in [0.15, 0.2) is 0 Å². The van der Waals surface area contributed by atoms with Gasteiger partial charge in [-0.25, -0.2) is 8.78 Å². The highest BCUT2D eigenvalue weighted by Gasteiger charge is 2.10. The third kappa shape index (κ3) is 2.98. The van der Waals surface area contributed by atoms with Crippen LogP contribution in [0.4, 0.5) is 25.8 Å². The van der Waals surface area contributed by atoms with Crippen molar-refractivity contribution in [1.29, 1.82) is 0 Å². The van der Waals surface area contributed by atoms with Crippen molar-refractivity contribution < 1.29 is 8.78 Å². The average molecular weight is 348 g/mol. The first-order valence-electron chi connectivity index (χ1n) is 5.35. The Balaban J connectivity index is 2.42. The minimum Gasteiger partial charge on any atom is -0.397 e. The van der Waals surface area contributed by atoms with E-state index in [1.807, 2.05) is 0 Å². The monoisotopic (exact) mass is 346 g/mol. The standard InChI is InChI=1S/C13H10BrClF2N2/c1-6-2-7(14)9(16)4-12(6)19-13-5-10(17)8(15)3-11(13)18/h2-5,19H,18H2,1H3. The Bertz CT molecular complexity index is 592. The summed E-state index contributed by atoms with van der Waals surface area (Å²) in [5, 5.41) is 2.84. The van der Waals surface area contributed by atoms with Crippen molar-refractivity contribution in [2.24, 2.45) is 0 Å². The maximum Gasteiger partial charge on any atom is 0.144 e. The first-order valence-corrected chi connectivity index (χ1v) is 6.52. The van der Waals surface area contributed by atoms with Gasteiger partial charge in [-0.05, 0) is 46.6 Å². The quantitative estimate of drug-likeness (QED) is 0.749. The summed E-state index contributed by atoms with van der Waals surface area (Å²) in [4.78, 5) is 0. The number of nitrogens with two attached hydrogens (primary N) is 1. The molecule has 0 aliphatic rings. The third-order valence-electron chi connectivity index (χ3n) is 2.63. The lowest BCUT2D eigenvalue weighted by Gasteiger charge is -2.13. The molecular formula is C13H10BrClF2N2. The first kappa shape index (κ1) is 14.1. The Kier molecular flexibility index (Phi) is 3.96. The summed E-state index contributed by atoms with van der Waals surface area (Å²) in [5.41, 5.74) is 7.67. The largest absolute Gasteiger partial charge is 0.397 e. The minimum absolute atomic E-state index is 0.0539. The van der Waals surface area contributed by atoms with Gasteiger partial charge in [0.25, 0.3) is 0 Å². The molecule has 0 unspecified atom stereocenters. The van der Waals surface area contributed by atoms with Crippen LogP contribution in [-0.2, 0) is 0 Å². The predicted molar refractivity (Wildman–Crippen MR) is 77.9 cm³/mol. The van der Waals surface area contributed by atoms with Gasteiger partial charge in [-0.2, -0.15) is 0 Å². The van der Waals surface area contributed by atoms with Gasteiger partial charge in [-0.1, -0.05) is 11.6 Å². The van der Waals surface area contributed by atoms with Crippen LogP contribution in [0.1, 0.15) is 5.56 Å². The molecule has 0 saturated carbocycles. The Morgan fingerprint density at radius 2 is 1.74 bits per heavy atom. The van der Waals surface area contributed by atoms with E-state index < -0.39 is 11.6 Å². The topological polar surface area (TPSA) is 38.0 Å². The van der Waals surface area contributed by atoms with Gasteiger partial charge in [0.1, 0.15) is 11.6 Å².